The van der Waals surface area contributed by atoms with Crippen LogP contribution in [0.1, 0.15) is 16.1 Å². The molecule has 0 atom stereocenters. The van der Waals surface area contributed by atoms with Crippen molar-refractivity contribution in [3.8, 4) is 5.75 Å². The number of nitrogens with zero attached hydrogens (tertiary/aromatic N) is 1. The van der Waals surface area contributed by atoms with Gasteiger partial charge in [-0.3, -0.25) is 9.78 Å². The fraction of sp³-hybridized carbons (Fsp3) is 0.133. The van der Waals surface area contributed by atoms with Crippen LogP contribution in [-0.4, -0.2) is 29.0 Å². The normalized spacial score (nSPS) is 9.90. The van der Waals surface area contributed by atoms with Crippen molar-refractivity contribution < 1.29 is 9.53 Å². The monoisotopic (exact) mass is 301 g/mol. The number of hydrogen-bond acceptors (Lipinski definition) is 4. The zero-order chi connectivity index (χ0) is 15.1. The van der Waals surface area contributed by atoms with Crippen LogP contribution in [-0.2, 0) is 0 Å². The lowest BCUT2D eigenvalue weighted by Crippen LogP contribution is -2.28. The Kier molecular flexibility index (Phi) is 5.22. The average molecular weight is 301 g/mol. The van der Waals surface area contributed by atoms with E-state index in [1.54, 1.807) is 12.1 Å². The number of carbonyl (C=O) groups is 1. The highest BCUT2D eigenvalue weighted by molar-refractivity contribution is 7.80. The average Bonchev–Trinajstić information content (AvgIpc) is 2.52. The molecule has 1 aromatic carbocycles. The van der Waals surface area contributed by atoms with Crippen LogP contribution in [0.5, 0.6) is 5.75 Å². The van der Waals surface area contributed by atoms with Crippen molar-refractivity contribution in [1.29, 1.82) is 0 Å². The number of thiocarbonyl (C=S) groups is 1. The molecule has 21 heavy (non-hydrogen) atoms. The highest BCUT2D eigenvalue weighted by Gasteiger charge is 2.07. The molecule has 108 valence electrons. The molecule has 0 radical (unpaired) electrons. The van der Waals surface area contributed by atoms with Crippen LogP contribution in [0.4, 0.5) is 0 Å². The van der Waals surface area contributed by atoms with E-state index in [1.165, 1.54) is 6.20 Å². The van der Waals surface area contributed by atoms with Crippen LogP contribution in [0.3, 0.4) is 0 Å². The molecule has 6 heteroatoms. The van der Waals surface area contributed by atoms with Gasteiger partial charge in [-0.15, -0.1) is 0 Å². The van der Waals surface area contributed by atoms with Gasteiger partial charge in [-0.05, 0) is 24.3 Å². The van der Waals surface area contributed by atoms with Gasteiger partial charge in [0.1, 0.15) is 23.0 Å². The van der Waals surface area contributed by atoms with Crippen molar-refractivity contribution in [3.05, 3.63) is 59.9 Å². The molecule has 1 amide bonds. The molecule has 0 aliphatic carbocycles. The van der Waals surface area contributed by atoms with E-state index >= 15 is 0 Å². The van der Waals surface area contributed by atoms with Crippen LogP contribution in [0.2, 0.25) is 0 Å². The zero-order valence-electron chi connectivity index (χ0n) is 11.3. The summed E-state index contributed by atoms with van der Waals surface area (Å²) in [5.74, 6) is 0.506. The third-order valence-corrected chi connectivity index (χ3v) is 2.92. The molecule has 1 heterocycles. The predicted octanol–water partition coefficient (Wildman–Crippen LogP) is 1.52. The first-order valence-corrected chi connectivity index (χ1v) is 6.79. The SMILES string of the molecule is NC(=S)c1ccc(C(=O)NCCOc2ccccc2)nc1. The van der Waals surface area contributed by atoms with Crippen LogP contribution >= 0.6 is 12.2 Å². The minimum atomic E-state index is -0.263. The lowest BCUT2D eigenvalue weighted by Gasteiger charge is -2.07. The number of pyridine rings is 1. The quantitative estimate of drug-likeness (QED) is 0.625. The summed E-state index contributed by atoms with van der Waals surface area (Å²) in [7, 11) is 0. The number of hydrogen-bond donors (Lipinski definition) is 2. The first-order valence-electron chi connectivity index (χ1n) is 6.39. The molecule has 0 unspecified atom stereocenters. The zero-order valence-corrected chi connectivity index (χ0v) is 12.1. The van der Waals surface area contributed by atoms with Crippen molar-refractivity contribution in [2.24, 2.45) is 5.73 Å². The maximum Gasteiger partial charge on any atom is 0.269 e. The number of para-hydroxylation sites is 1. The summed E-state index contributed by atoms with van der Waals surface area (Å²) in [6.07, 6.45) is 1.48. The van der Waals surface area contributed by atoms with Crippen LogP contribution in [0.15, 0.2) is 48.7 Å². The highest BCUT2D eigenvalue weighted by Crippen LogP contribution is 2.07. The summed E-state index contributed by atoms with van der Waals surface area (Å²) >= 11 is 4.82. The Morgan fingerprint density at radius 1 is 1.24 bits per heavy atom. The Hall–Kier alpha value is -2.47. The van der Waals surface area contributed by atoms with Gasteiger partial charge in [0.2, 0.25) is 0 Å². The van der Waals surface area contributed by atoms with Gasteiger partial charge in [0, 0.05) is 11.8 Å². The van der Waals surface area contributed by atoms with E-state index in [4.69, 9.17) is 22.7 Å². The summed E-state index contributed by atoms with van der Waals surface area (Å²) < 4.78 is 5.47. The summed E-state index contributed by atoms with van der Waals surface area (Å²) in [4.78, 5) is 16.1. The smallest absolute Gasteiger partial charge is 0.269 e. The Labute approximate surface area is 128 Å². The lowest BCUT2D eigenvalue weighted by atomic mass is 10.2. The van der Waals surface area contributed by atoms with Gasteiger partial charge >= 0.3 is 0 Å². The van der Waals surface area contributed by atoms with Gasteiger partial charge in [0.25, 0.3) is 5.91 Å². The van der Waals surface area contributed by atoms with E-state index in [0.29, 0.717) is 24.4 Å². The van der Waals surface area contributed by atoms with E-state index in [-0.39, 0.29) is 10.9 Å². The molecule has 2 aromatic rings. The van der Waals surface area contributed by atoms with Crippen molar-refractivity contribution in [2.75, 3.05) is 13.2 Å². The molecule has 0 saturated carbocycles. The Morgan fingerprint density at radius 2 is 2.00 bits per heavy atom. The molecule has 0 spiro atoms. The number of nitrogens with one attached hydrogen (secondary N) is 1. The van der Waals surface area contributed by atoms with Gasteiger partial charge in [-0.25, -0.2) is 0 Å². The Bertz CT molecular complexity index is 615. The molecular weight excluding hydrogens is 286 g/mol. The molecule has 0 aliphatic rings. The van der Waals surface area contributed by atoms with Gasteiger partial charge < -0.3 is 15.8 Å². The van der Waals surface area contributed by atoms with Crippen LogP contribution in [0, 0.1) is 0 Å². The topological polar surface area (TPSA) is 77.2 Å². The van der Waals surface area contributed by atoms with E-state index in [1.807, 2.05) is 30.3 Å². The molecule has 0 bridgehead atoms. The van der Waals surface area contributed by atoms with Crippen molar-refractivity contribution in [3.63, 3.8) is 0 Å². The van der Waals surface area contributed by atoms with E-state index in [0.717, 1.165) is 5.75 Å². The number of nitrogens with two attached hydrogens (primary N) is 1. The van der Waals surface area contributed by atoms with E-state index in [9.17, 15) is 4.79 Å². The Morgan fingerprint density at radius 3 is 2.62 bits per heavy atom. The largest absolute Gasteiger partial charge is 0.492 e. The van der Waals surface area contributed by atoms with Crippen molar-refractivity contribution >= 4 is 23.1 Å². The highest BCUT2D eigenvalue weighted by atomic mass is 32.1. The lowest BCUT2D eigenvalue weighted by molar-refractivity contribution is 0.0942. The second-order valence-electron chi connectivity index (χ2n) is 4.21. The molecule has 5 nitrogen and oxygen atoms in total. The summed E-state index contributed by atoms with van der Waals surface area (Å²) in [5, 5.41) is 2.73. The number of benzene rings is 1. The van der Waals surface area contributed by atoms with Crippen molar-refractivity contribution in [1.82, 2.24) is 10.3 Å². The third-order valence-electron chi connectivity index (χ3n) is 2.68. The molecule has 0 fully saturated rings. The first-order chi connectivity index (χ1) is 10.2. The maximum absolute atomic E-state index is 11.8. The van der Waals surface area contributed by atoms with Crippen LogP contribution in [0.25, 0.3) is 0 Å². The second-order valence-corrected chi connectivity index (χ2v) is 4.65. The standard InChI is InChI=1S/C15H15N3O2S/c16-14(21)11-6-7-13(18-10-11)15(19)17-8-9-20-12-4-2-1-3-5-12/h1-7,10H,8-9H2,(H2,16,21)(H,17,19). The molecule has 1 aromatic heterocycles. The molecule has 2 rings (SSSR count). The number of aromatic nitrogens is 1. The molecule has 3 N–H and O–H groups in total. The fourth-order valence-corrected chi connectivity index (χ4v) is 1.74. The number of amides is 1. The van der Waals surface area contributed by atoms with Gasteiger partial charge in [0.15, 0.2) is 0 Å². The number of carbonyl (C=O) groups excluding carboxylic acids is 1. The van der Waals surface area contributed by atoms with Crippen molar-refractivity contribution in [2.45, 2.75) is 0 Å². The summed E-state index contributed by atoms with van der Waals surface area (Å²) in [5.41, 5.74) is 6.42. The second kappa shape index (κ2) is 7.35. The molecule has 0 saturated heterocycles. The van der Waals surface area contributed by atoms with E-state index < -0.39 is 0 Å². The van der Waals surface area contributed by atoms with Gasteiger partial charge in [0.05, 0.1) is 6.54 Å². The maximum atomic E-state index is 11.8. The predicted molar refractivity (Wildman–Crippen MR) is 84.4 cm³/mol. The van der Waals surface area contributed by atoms with Gasteiger partial charge in [-0.2, -0.15) is 0 Å². The molecular formula is C15H15N3O2S. The van der Waals surface area contributed by atoms with Gasteiger partial charge in [-0.1, -0.05) is 30.4 Å². The minimum absolute atomic E-state index is 0.255. The fourth-order valence-electron chi connectivity index (χ4n) is 1.61. The van der Waals surface area contributed by atoms with Crippen LogP contribution < -0.4 is 15.8 Å². The first kappa shape index (κ1) is 14.9. The minimum Gasteiger partial charge on any atom is -0.492 e. The summed E-state index contributed by atoms with van der Waals surface area (Å²) in [6.45, 7) is 0.785. The Balaban J connectivity index is 1.78. The van der Waals surface area contributed by atoms with E-state index in [2.05, 4.69) is 10.3 Å². The molecule has 0 aliphatic heterocycles. The summed E-state index contributed by atoms with van der Waals surface area (Å²) in [6, 6.07) is 12.7. The number of rotatable bonds is 6. The number of ether oxygens (including phenoxy) is 1. The third kappa shape index (κ3) is 4.54.